The third-order valence-corrected chi connectivity index (χ3v) is 4.15. The molecule has 4 heteroatoms. The van der Waals surface area contributed by atoms with E-state index in [0.29, 0.717) is 5.92 Å². The summed E-state index contributed by atoms with van der Waals surface area (Å²) >= 11 is 0. The highest BCUT2D eigenvalue weighted by molar-refractivity contribution is 5.88. The fourth-order valence-corrected chi connectivity index (χ4v) is 2.64. The van der Waals surface area contributed by atoms with Gasteiger partial charge in [0.2, 0.25) is 0 Å². The molecule has 0 aromatic heterocycles. The van der Waals surface area contributed by atoms with Gasteiger partial charge in [0, 0.05) is 12.1 Å². The fraction of sp³-hybridized carbons (Fsp3) is 0.364. The number of amides is 1. The Morgan fingerprint density at radius 2 is 1.88 bits per heavy atom. The van der Waals surface area contributed by atoms with Gasteiger partial charge >= 0.3 is 0 Å². The van der Waals surface area contributed by atoms with E-state index < -0.39 is 0 Å². The standard InChI is InChI=1S/C22H28N2O2/c1-5-19(14-18-9-7-6-8-10-18)23-24-22(25)15-26-21-13-17(4)11-12-20(21)16(2)3/h6-13,16H,5,14-15H2,1-4H3,(H,24,25)/b23-19-. The van der Waals surface area contributed by atoms with Crippen LogP contribution in [0.4, 0.5) is 0 Å². The van der Waals surface area contributed by atoms with Crippen LogP contribution in [-0.4, -0.2) is 18.2 Å². The van der Waals surface area contributed by atoms with Crippen LogP contribution in [-0.2, 0) is 11.2 Å². The quantitative estimate of drug-likeness (QED) is 0.556. The molecule has 2 aromatic rings. The van der Waals surface area contributed by atoms with E-state index in [1.54, 1.807) is 0 Å². The number of carbonyl (C=O) groups is 1. The summed E-state index contributed by atoms with van der Waals surface area (Å²) in [5, 5.41) is 4.26. The number of hydrogen-bond acceptors (Lipinski definition) is 3. The number of hydrazone groups is 1. The van der Waals surface area contributed by atoms with E-state index in [2.05, 4.69) is 48.6 Å². The van der Waals surface area contributed by atoms with Gasteiger partial charge in [0.15, 0.2) is 6.61 Å². The third kappa shape index (κ3) is 6.03. The van der Waals surface area contributed by atoms with Gasteiger partial charge in [-0.1, -0.05) is 63.2 Å². The number of nitrogens with zero attached hydrogens (tertiary/aromatic N) is 1. The minimum atomic E-state index is -0.250. The molecule has 0 aliphatic rings. The molecule has 0 fully saturated rings. The molecule has 2 aromatic carbocycles. The maximum absolute atomic E-state index is 12.1. The first-order valence-electron chi connectivity index (χ1n) is 9.11. The first-order valence-corrected chi connectivity index (χ1v) is 9.11. The first-order chi connectivity index (χ1) is 12.5. The van der Waals surface area contributed by atoms with Gasteiger partial charge in [-0.25, -0.2) is 5.43 Å². The van der Waals surface area contributed by atoms with Crippen molar-refractivity contribution >= 4 is 11.6 Å². The topological polar surface area (TPSA) is 50.7 Å². The molecule has 2 rings (SSSR count). The van der Waals surface area contributed by atoms with Gasteiger partial charge < -0.3 is 4.74 Å². The summed E-state index contributed by atoms with van der Waals surface area (Å²) in [7, 11) is 0. The summed E-state index contributed by atoms with van der Waals surface area (Å²) < 4.78 is 5.74. The van der Waals surface area contributed by atoms with Crippen LogP contribution < -0.4 is 10.2 Å². The summed E-state index contributed by atoms with van der Waals surface area (Å²) in [5.74, 6) is 0.851. The van der Waals surface area contributed by atoms with E-state index in [9.17, 15) is 4.79 Å². The van der Waals surface area contributed by atoms with Crippen molar-refractivity contribution in [1.29, 1.82) is 0 Å². The molecule has 0 unspecified atom stereocenters. The monoisotopic (exact) mass is 352 g/mol. The number of ether oxygens (including phenoxy) is 1. The van der Waals surface area contributed by atoms with Crippen LogP contribution in [0.25, 0.3) is 0 Å². The van der Waals surface area contributed by atoms with Crippen molar-refractivity contribution in [1.82, 2.24) is 5.43 Å². The second kappa shape index (κ2) is 9.76. The number of nitrogens with one attached hydrogen (secondary N) is 1. The molecule has 4 nitrogen and oxygen atoms in total. The predicted molar refractivity (Wildman–Crippen MR) is 107 cm³/mol. The Labute approximate surface area is 156 Å². The van der Waals surface area contributed by atoms with E-state index in [1.165, 1.54) is 5.56 Å². The van der Waals surface area contributed by atoms with Crippen LogP contribution in [0, 0.1) is 6.92 Å². The lowest BCUT2D eigenvalue weighted by atomic mass is 10.0. The second-order valence-electron chi connectivity index (χ2n) is 6.71. The maximum atomic E-state index is 12.1. The summed E-state index contributed by atoms with van der Waals surface area (Å²) in [5.41, 5.74) is 6.94. The van der Waals surface area contributed by atoms with Crippen LogP contribution in [0.3, 0.4) is 0 Å². The molecule has 1 N–H and O–H groups in total. The van der Waals surface area contributed by atoms with Gasteiger partial charge in [-0.3, -0.25) is 4.79 Å². The van der Waals surface area contributed by atoms with Crippen LogP contribution in [0.15, 0.2) is 53.6 Å². The van der Waals surface area contributed by atoms with Crippen molar-refractivity contribution < 1.29 is 9.53 Å². The van der Waals surface area contributed by atoms with E-state index in [-0.39, 0.29) is 12.5 Å². The van der Waals surface area contributed by atoms with Crippen molar-refractivity contribution in [2.24, 2.45) is 5.10 Å². The highest BCUT2D eigenvalue weighted by Crippen LogP contribution is 2.27. The highest BCUT2D eigenvalue weighted by Gasteiger charge is 2.10. The summed E-state index contributed by atoms with van der Waals surface area (Å²) in [6.45, 7) is 8.22. The highest BCUT2D eigenvalue weighted by atomic mass is 16.5. The molecule has 1 amide bonds. The Hall–Kier alpha value is -2.62. The van der Waals surface area contributed by atoms with Gasteiger partial charge in [0.05, 0.1) is 0 Å². The lowest BCUT2D eigenvalue weighted by Gasteiger charge is -2.14. The normalized spacial score (nSPS) is 11.5. The van der Waals surface area contributed by atoms with Gasteiger partial charge in [0.25, 0.3) is 5.91 Å². The molecule has 0 atom stereocenters. The SMILES string of the molecule is CC/C(Cc1ccccc1)=N/NC(=O)COc1cc(C)ccc1C(C)C. The smallest absolute Gasteiger partial charge is 0.277 e. The Morgan fingerprint density at radius 1 is 1.15 bits per heavy atom. The van der Waals surface area contributed by atoms with E-state index in [1.807, 2.05) is 38.1 Å². The number of carbonyl (C=O) groups excluding carboxylic acids is 1. The molecule has 0 radical (unpaired) electrons. The van der Waals surface area contributed by atoms with E-state index >= 15 is 0 Å². The average Bonchev–Trinajstić information content (AvgIpc) is 2.64. The summed E-state index contributed by atoms with van der Waals surface area (Å²) in [6, 6.07) is 16.2. The van der Waals surface area contributed by atoms with Gasteiger partial charge in [-0.2, -0.15) is 5.10 Å². The zero-order valence-corrected chi connectivity index (χ0v) is 16.1. The third-order valence-electron chi connectivity index (χ3n) is 4.15. The molecule has 0 saturated heterocycles. The molecular formula is C22H28N2O2. The zero-order chi connectivity index (χ0) is 18.9. The Bertz CT molecular complexity index is 752. The number of hydrogen-bond donors (Lipinski definition) is 1. The molecule has 0 bridgehead atoms. The van der Waals surface area contributed by atoms with E-state index in [0.717, 1.165) is 35.4 Å². The molecular weight excluding hydrogens is 324 g/mol. The van der Waals surface area contributed by atoms with Gasteiger partial charge in [-0.05, 0) is 42.0 Å². The number of aryl methyl sites for hydroxylation is 1. The van der Waals surface area contributed by atoms with Crippen molar-refractivity contribution in [2.45, 2.75) is 46.5 Å². The second-order valence-corrected chi connectivity index (χ2v) is 6.71. The summed E-state index contributed by atoms with van der Waals surface area (Å²) in [6.07, 6.45) is 1.51. The van der Waals surface area contributed by atoms with Crippen molar-refractivity contribution in [2.75, 3.05) is 6.61 Å². The molecule has 0 saturated carbocycles. The Kier molecular flexibility index (Phi) is 7.39. The number of rotatable bonds is 8. The zero-order valence-electron chi connectivity index (χ0n) is 16.1. The maximum Gasteiger partial charge on any atom is 0.277 e. The first kappa shape index (κ1) is 19.7. The molecule has 0 spiro atoms. The van der Waals surface area contributed by atoms with Crippen molar-refractivity contribution in [3.8, 4) is 5.75 Å². The number of benzene rings is 2. The van der Waals surface area contributed by atoms with E-state index in [4.69, 9.17) is 4.74 Å². The van der Waals surface area contributed by atoms with Crippen LogP contribution in [0.5, 0.6) is 5.75 Å². The molecule has 26 heavy (non-hydrogen) atoms. The van der Waals surface area contributed by atoms with Gasteiger partial charge in [0.1, 0.15) is 5.75 Å². The molecule has 0 heterocycles. The molecule has 138 valence electrons. The van der Waals surface area contributed by atoms with Crippen molar-refractivity contribution in [3.05, 3.63) is 65.2 Å². The van der Waals surface area contributed by atoms with Crippen LogP contribution in [0.1, 0.15) is 49.8 Å². The fourth-order valence-electron chi connectivity index (χ4n) is 2.64. The lowest BCUT2D eigenvalue weighted by molar-refractivity contribution is -0.123. The van der Waals surface area contributed by atoms with Crippen LogP contribution in [0.2, 0.25) is 0 Å². The average molecular weight is 352 g/mol. The minimum absolute atomic E-state index is 0.0466. The lowest BCUT2D eigenvalue weighted by Crippen LogP contribution is -2.26. The van der Waals surface area contributed by atoms with Crippen molar-refractivity contribution in [3.63, 3.8) is 0 Å². The molecule has 0 aliphatic heterocycles. The Morgan fingerprint density at radius 3 is 2.54 bits per heavy atom. The molecule has 0 aliphatic carbocycles. The van der Waals surface area contributed by atoms with Crippen LogP contribution >= 0.6 is 0 Å². The summed E-state index contributed by atoms with van der Waals surface area (Å²) in [4.78, 5) is 12.1. The predicted octanol–water partition coefficient (Wildman–Crippen LogP) is 4.62. The van der Waals surface area contributed by atoms with Gasteiger partial charge in [-0.15, -0.1) is 0 Å². The minimum Gasteiger partial charge on any atom is -0.483 e. The largest absolute Gasteiger partial charge is 0.483 e. The Balaban J connectivity index is 1.93.